The van der Waals surface area contributed by atoms with E-state index in [1.165, 1.54) is 6.07 Å². The molecule has 0 saturated heterocycles. The smallest absolute Gasteiger partial charge is 0.412 e. The van der Waals surface area contributed by atoms with E-state index in [4.69, 9.17) is 10.5 Å². The van der Waals surface area contributed by atoms with Gasteiger partial charge in [-0.3, -0.25) is 10.1 Å². The summed E-state index contributed by atoms with van der Waals surface area (Å²) >= 11 is 0. The number of hydrogen-bond donors (Lipinski definition) is 2. The number of nitrogens with two attached hydrogens (primary N) is 1. The molecule has 1 aromatic carbocycles. The van der Waals surface area contributed by atoms with Gasteiger partial charge in [-0.05, 0) is 39.0 Å². The first-order valence-electron chi connectivity index (χ1n) is 5.76. The SMILES string of the molecule is CC(C)(C)OC(=O)Nc1ccc(F)cc1C(=O)CN. The van der Waals surface area contributed by atoms with Crippen molar-refractivity contribution in [2.45, 2.75) is 26.4 Å². The maximum Gasteiger partial charge on any atom is 0.412 e. The lowest BCUT2D eigenvalue weighted by Crippen LogP contribution is -2.28. The maximum absolute atomic E-state index is 13.1. The first-order valence-corrected chi connectivity index (χ1v) is 5.76. The molecule has 104 valence electrons. The van der Waals surface area contributed by atoms with Crippen molar-refractivity contribution in [1.82, 2.24) is 0 Å². The Morgan fingerprint density at radius 2 is 2.00 bits per heavy atom. The number of nitrogens with one attached hydrogen (secondary N) is 1. The van der Waals surface area contributed by atoms with Crippen LogP contribution in [-0.4, -0.2) is 24.0 Å². The molecular formula is C13H17FN2O3. The van der Waals surface area contributed by atoms with E-state index in [0.717, 1.165) is 12.1 Å². The molecule has 1 rings (SSSR count). The minimum Gasteiger partial charge on any atom is -0.444 e. The van der Waals surface area contributed by atoms with Gasteiger partial charge in [-0.15, -0.1) is 0 Å². The number of carbonyl (C=O) groups is 2. The summed E-state index contributed by atoms with van der Waals surface area (Å²) in [6.45, 7) is 4.86. The molecule has 0 aliphatic heterocycles. The van der Waals surface area contributed by atoms with Gasteiger partial charge in [0.05, 0.1) is 12.2 Å². The average molecular weight is 268 g/mol. The summed E-state index contributed by atoms with van der Waals surface area (Å²) < 4.78 is 18.2. The maximum atomic E-state index is 13.1. The third-order valence-corrected chi connectivity index (χ3v) is 2.10. The van der Waals surface area contributed by atoms with Gasteiger partial charge in [0.2, 0.25) is 0 Å². The molecule has 0 radical (unpaired) electrons. The van der Waals surface area contributed by atoms with Gasteiger partial charge in [-0.25, -0.2) is 9.18 Å². The highest BCUT2D eigenvalue weighted by Crippen LogP contribution is 2.19. The van der Waals surface area contributed by atoms with Crippen LogP contribution in [0, 0.1) is 5.82 Å². The molecule has 3 N–H and O–H groups in total. The van der Waals surface area contributed by atoms with Gasteiger partial charge in [0.25, 0.3) is 0 Å². The van der Waals surface area contributed by atoms with Crippen molar-refractivity contribution >= 4 is 17.6 Å². The van der Waals surface area contributed by atoms with Crippen LogP contribution in [0.3, 0.4) is 0 Å². The molecule has 1 amide bonds. The summed E-state index contributed by atoms with van der Waals surface area (Å²) in [5.74, 6) is -1.04. The molecule has 0 aliphatic carbocycles. The summed E-state index contributed by atoms with van der Waals surface area (Å²) in [6.07, 6.45) is -0.717. The Morgan fingerprint density at radius 3 is 2.53 bits per heavy atom. The summed E-state index contributed by atoms with van der Waals surface area (Å²) in [5, 5.41) is 2.41. The fraction of sp³-hybridized carbons (Fsp3) is 0.385. The normalized spacial score (nSPS) is 11.0. The molecule has 6 heteroatoms. The van der Waals surface area contributed by atoms with Crippen LogP contribution in [0.2, 0.25) is 0 Å². The van der Waals surface area contributed by atoms with Gasteiger partial charge in [-0.2, -0.15) is 0 Å². The predicted octanol–water partition coefficient (Wildman–Crippen LogP) is 2.31. The monoisotopic (exact) mass is 268 g/mol. The fourth-order valence-electron chi connectivity index (χ4n) is 1.38. The van der Waals surface area contributed by atoms with E-state index in [9.17, 15) is 14.0 Å². The van der Waals surface area contributed by atoms with Crippen molar-refractivity contribution in [1.29, 1.82) is 0 Å². The standard InChI is InChI=1S/C13H17FN2O3/c1-13(2,3)19-12(18)16-10-5-4-8(14)6-9(10)11(17)7-15/h4-6H,7,15H2,1-3H3,(H,16,18). The zero-order valence-electron chi connectivity index (χ0n) is 11.1. The number of amides is 1. The number of anilines is 1. The molecule has 1 aromatic rings. The number of rotatable bonds is 3. The largest absolute Gasteiger partial charge is 0.444 e. The Morgan fingerprint density at radius 1 is 1.37 bits per heavy atom. The van der Waals surface area contributed by atoms with E-state index in [1.54, 1.807) is 20.8 Å². The Balaban J connectivity index is 2.95. The zero-order valence-corrected chi connectivity index (χ0v) is 11.1. The third-order valence-electron chi connectivity index (χ3n) is 2.10. The lowest BCUT2D eigenvalue weighted by molar-refractivity contribution is 0.0636. The quantitative estimate of drug-likeness (QED) is 0.824. The summed E-state index contributed by atoms with van der Waals surface area (Å²) in [5.41, 5.74) is 4.77. The topological polar surface area (TPSA) is 81.4 Å². The van der Waals surface area contributed by atoms with Crippen LogP contribution in [0.25, 0.3) is 0 Å². The van der Waals surface area contributed by atoms with Gasteiger partial charge in [0, 0.05) is 5.56 Å². The highest BCUT2D eigenvalue weighted by Gasteiger charge is 2.18. The number of ketones is 1. The summed E-state index contributed by atoms with van der Waals surface area (Å²) in [6, 6.07) is 3.46. The van der Waals surface area contributed by atoms with Gasteiger partial charge in [0.15, 0.2) is 5.78 Å². The Hall–Kier alpha value is -1.95. The molecule has 0 saturated carbocycles. The fourth-order valence-corrected chi connectivity index (χ4v) is 1.38. The predicted molar refractivity (Wildman–Crippen MR) is 69.6 cm³/mol. The molecule has 0 spiro atoms. The van der Waals surface area contributed by atoms with E-state index in [0.29, 0.717) is 0 Å². The van der Waals surface area contributed by atoms with Crippen LogP contribution in [0.4, 0.5) is 14.9 Å². The van der Waals surface area contributed by atoms with Crippen molar-refractivity contribution in [2.24, 2.45) is 5.73 Å². The van der Waals surface area contributed by atoms with Gasteiger partial charge in [-0.1, -0.05) is 0 Å². The van der Waals surface area contributed by atoms with Crippen LogP contribution in [0.15, 0.2) is 18.2 Å². The highest BCUT2D eigenvalue weighted by molar-refractivity contribution is 6.04. The minimum atomic E-state index is -0.717. The van der Waals surface area contributed by atoms with Crippen molar-refractivity contribution in [3.63, 3.8) is 0 Å². The van der Waals surface area contributed by atoms with Crippen LogP contribution < -0.4 is 11.1 Å². The molecule has 0 unspecified atom stereocenters. The lowest BCUT2D eigenvalue weighted by atomic mass is 10.1. The minimum absolute atomic E-state index is 0.0216. The summed E-state index contributed by atoms with van der Waals surface area (Å²) in [7, 11) is 0. The van der Waals surface area contributed by atoms with Gasteiger partial charge >= 0.3 is 6.09 Å². The molecule has 0 bridgehead atoms. The number of benzene rings is 1. The van der Waals surface area contributed by atoms with Crippen LogP contribution in [0.5, 0.6) is 0 Å². The lowest BCUT2D eigenvalue weighted by Gasteiger charge is -2.20. The second-order valence-electron chi connectivity index (χ2n) is 4.94. The molecule has 19 heavy (non-hydrogen) atoms. The molecule has 0 aliphatic rings. The van der Waals surface area contributed by atoms with Crippen LogP contribution >= 0.6 is 0 Å². The van der Waals surface area contributed by atoms with Gasteiger partial charge < -0.3 is 10.5 Å². The van der Waals surface area contributed by atoms with E-state index in [-0.39, 0.29) is 17.8 Å². The zero-order chi connectivity index (χ0) is 14.6. The number of carbonyl (C=O) groups excluding carboxylic acids is 2. The van der Waals surface area contributed by atoms with Crippen molar-refractivity contribution in [3.8, 4) is 0 Å². The highest BCUT2D eigenvalue weighted by atomic mass is 19.1. The first kappa shape index (κ1) is 15.1. The molecule has 0 atom stereocenters. The molecule has 0 fully saturated rings. The number of hydrogen-bond acceptors (Lipinski definition) is 4. The van der Waals surface area contributed by atoms with Crippen molar-refractivity contribution in [2.75, 3.05) is 11.9 Å². The second kappa shape index (κ2) is 5.79. The average Bonchev–Trinajstić information content (AvgIpc) is 2.28. The Kier molecular flexibility index (Phi) is 4.61. The number of ether oxygens (including phenoxy) is 1. The van der Waals surface area contributed by atoms with Crippen molar-refractivity contribution in [3.05, 3.63) is 29.6 Å². The first-order chi connectivity index (χ1) is 8.73. The van der Waals surface area contributed by atoms with E-state index >= 15 is 0 Å². The number of Topliss-reactive ketones (excluding diaryl/α,β-unsaturated/α-hetero) is 1. The Labute approximate surface area is 110 Å². The summed E-state index contributed by atoms with van der Waals surface area (Å²) in [4.78, 5) is 23.2. The molecule has 0 aromatic heterocycles. The third kappa shape index (κ3) is 4.67. The van der Waals surface area contributed by atoms with Crippen LogP contribution in [-0.2, 0) is 4.74 Å². The molecule has 0 heterocycles. The molecule has 5 nitrogen and oxygen atoms in total. The van der Waals surface area contributed by atoms with E-state index < -0.39 is 23.3 Å². The van der Waals surface area contributed by atoms with Crippen LogP contribution in [0.1, 0.15) is 31.1 Å². The molecular weight excluding hydrogens is 251 g/mol. The van der Waals surface area contributed by atoms with E-state index in [1.807, 2.05) is 0 Å². The number of halogens is 1. The van der Waals surface area contributed by atoms with E-state index in [2.05, 4.69) is 5.32 Å². The Bertz CT molecular complexity index is 495. The van der Waals surface area contributed by atoms with Gasteiger partial charge in [0.1, 0.15) is 11.4 Å². The van der Waals surface area contributed by atoms with Crippen molar-refractivity contribution < 1.29 is 18.7 Å². The second-order valence-corrected chi connectivity index (χ2v) is 4.94.